The topological polar surface area (TPSA) is 65.1 Å². The van der Waals surface area contributed by atoms with Crippen LogP contribution in [-0.2, 0) is 11.2 Å². The van der Waals surface area contributed by atoms with Gasteiger partial charge in [0, 0.05) is 24.9 Å². The molecule has 0 spiro atoms. The molecule has 0 aromatic carbocycles. The van der Waals surface area contributed by atoms with E-state index in [-0.39, 0.29) is 24.3 Å². The Labute approximate surface area is 96.1 Å². The lowest BCUT2D eigenvalue weighted by Crippen LogP contribution is -2.36. The number of aliphatic hydroxyl groups is 1. The first-order valence-electron chi connectivity index (χ1n) is 5.66. The van der Waals surface area contributed by atoms with Gasteiger partial charge in [-0.05, 0) is 18.1 Å². The third-order valence-electron chi connectivity index (χ3n) is 2.69. The molecule has 1 rings (SSSR count). The summed E-state index contributed by atoms with van der Waals surface area (Å²) in [6.45, 7) is 4.38. The molecule has 1 aromatic heterocycles. The largest absolute Gasteiger partial charge is 0.396 e. The van der Waals surface area contributed by atoms with Gasteiger partial charge >= 0.3 is 0 Å². The lowest BCUT2D eigenvalue weighted by atomic mass is 9.96. The SMILES string of the molecule is CC(C)C(CO)C(=O)NCCc1ccc[nH]1. The summed E-state index contributed by atoms with van der Waals surface area (Å²) in [5.41, 5.74) is 1.10. The molecule has 1 atom stereocenters. The van der Waals surface area contributed by atoms with E-state index in [9.17, 15) is 4.79 Å². The molecule has 0 aliphatic rings. The average molecular weight is 224 g/mol. The number of carbonyl (C=O) groups is 1. The first-order chi connectivity index (χ1) is 7.65. The molecule has 0 radical (unpaired) electrons. The maximum absolute atomic E-state index is 11.7. The summed E-state index contributed by atoms with van der Waals surface area (Å²) in [6.07, 6.45) is 2.65. The van der Waals surface area contributed by atoms with Crippen LogP contribution in [0.4, 0.5) is 0 Å². The molecule has 16 heavy (non-hydrogen) atoms. The molecule has 3 N–H and O–H groups in total. The van der Waals surface area contributed by atoms with Crippen molar-refractivity contribution in [3.8, 4) is 0 Å². The quantitative estimate of drug-likeness (QED) is 0.673. The monoisotopic (exact) mass is 224 g/mol. The van der Waals surface area contributed by atoms with E-state index in [1.807, 2.05) is 32.2 Å². The number of aliphatic hydroxyl groups excluding tert-OH is 1. The highest BCUT2D eigenvalue weighted by Gasteiger charge is 2.20. The Hall–Kier alpha value is -1.29. The van der Waals surface area contributed by atoms with E-state index in [0.717, 1.165) is 12.1 Å². The van der Waals surface area contributed by atoms with Gasteiger partial charge in [0.1, 0.15) is 0 Å². The van der Waals surface area contributed by atoms with Gasteiger partial charge < -0.3 is 15.4 Å². The molecular weight excluding hydrogens is 204 g/mol. The summed E-state index contributed by atoms with van der Waals surface area (Å²) in [5.74, 6) is -0.205. The number of hydrogen-bond donors (Lipinski definition) is 3. The molecule has 4 nitrogen and oxygen atoms in total. The number of aromatic amines is 1. The first-order valence-corrected chi connectivity index (χ1v) is 5.66. The van der Waals surface area contributed by atoms with Crippen molar-refractivity contribution in [3.05, 3.63) is 24.0 Å². The Morgan fingerprint density at radius 1 is 1.56 bits per heavy atom. The van der Waals surface area contributed by atoms with Crippen molar-refractivity contribution >= 4 is 5.91 Å². The van der Waals surface area contributed by atoms with Gasteiger partial charge in [0.2, 0.25) is 5.91 Å². The number of aromatic nitrogens is 1. The summed E-state index contributed by atoms with van der Waals surface area (Å²) in [5, 5.41) is 11.9. The lowest BCUT2D eigenvalue weighted by Gasteiger charge is -2.17. The van der Waals surface area contributed by atoms with Gasteiger partial charge in [-0.1, -0.05) is 13.8 Å². The van der Waals surface area contributed by atoms with Gasteiger partial charge in [0.05, 0.1) is 12.5 Å². The molecule has 0 saturated heterocycles. The van der Waals surface area contributed by atoms with E-state index in [2.05, 4.69) is 10.3 Å². The van der Waals surface area contributed by atoms with Crippen molar-refractivity contribution in [2.45, 2.75) is 20.3 Å². The molecule has 4 heteroatoms. The summed E-state index contributed by atoms with van der Waals surface area (Å²) >= 11 is 0. The van der Waals surface area contributed by atoms with Crippen LogP contribution < -0.4 is 5.32 Å². The highest BCUT2D eigenvalue weighted by Crippen LogP contribution is 2.09. The number of carbonyl (C=O) groups excluding carboxylic acids is 1. The van der Waals surface area contributed by atoms with E-state index < -0.39 is 0 Å². The van der Waals surface area contributed by atoms with Crippen molar-refractivity contribution in [1.29, 1.82) is 0 Å². The van der Waals surface area contributed by atoms with Crippen molar-refractivity contribution in [2.24, 2.45) is 11.8 Å². The summed E-state index contributed by atoms with van der Waals surface area (Å²) in [7, 11) is 0. The van der Waals surface area contributed by atoms with Crippen LogP contribution >= 0.6 is 0 Å². The second kappa shape index (κ2) is 6.33. The van der Waals surface area contributed by atoms with Crippen molar-refractivity contribution in [1.82, 2.24) is 10.3 Å². The maximum atomic E-state index is 11.7. The summed E-state index contributed by atoms with van der Waals surface area (Å²) < 4.78 is 0. The Morgan fingerprint density at radius 3 is 2.81 bits per heavy atom. The Morgan fingerprint density at radius 2 is 2.31 bits per heavy atom. The van der Waals surface area contributed by atoms with E-state index in [0.29, 0.717) is 6.54 Å². The Balaban J connectivity index is 2.29. The number of rotatable bonds is 6. The maximum Gasteiger partial charge on any atom is 0.225 e. The van der Waals surface area contributed by atoms with Gasteiger partial charge in [-0.25, -0.2) is 0 Å². The van der Waals surface area contributed by atoms with E-state index in [1.165, 1.54) is 0 Å². The molecule has 0 aliphatic heterocycles. The van der Waals surface area contributed by atoms with Crippen LogP contribution in [-0.4, -0.2) is 29.1 Å². The smallest absolute Gasteiger partial charge is 0.225 e. The first kappa shape index (κ1) is 12.8. The van der Waals surface area contributed by atoms with Crippen molar-refractivity contribution < 1.29 is 9.90 Å². The second-order valence-electron chi connectivity index (χ2n) is 4.27. The average Bonchev–Trinajstić information content (AvgIpc) is 2.71. The van der Waals surface area contributed by atoms with Gasteiger partial charge in [-0.2, -0.15) is 0 Å². The fraction of sp³-hybridized carbons (Fsp3) is 0.583. The third-order valence-corrected chi connectivity index (χ3v) is 2.69. The summed E-state index contributed by atoms with van der Waals surface area (Å²) in [6, 6.07) is 3.92. The zero-order chi connectivity index (χ0) is 12.0. The number of H-pyrrole nitrogens is 1. The zero-order valence-electron chi connectivity index (χ0n) is 9.86. The highest BCUT2D eigenvalue weighted by molar-refractivity contribution is 5.78. The fourth-order valence-corrected chi connectivity index (χ4v) is 1.57. The van der Waals surface area contributed by atoms with Crippen LogP contribution in [0.3, 0.4) is 0 Å². The van der Waals surface area contributed by atoms with Crippen LogP contribution in [0, 0.1) is 11.8 Å². The van der Waals surface area contributed by atoms with Crippen molar-refractivity contribution in [3.63, 3.8) is 0 Å². The number of amides is 1. The van der Waals surface area contributed by atoms with E-state index >= 15 is 0 Å². The van der Waals surface area contributed by atoms with Gasteiger partial charge in [-0.15, -0.1) is 0 Å². The minimum Gasteiger partial charge on any atom is -0.396 e. The van der Waals surface area contributed by atoms with Crippen LogP contribution in [0.1, 0.15) is 19.5 Å². The third kappa shape index (κ3) is 3.70. The summed E-state index contributed by atoms with van der Waals surface area (Å²) in [4.78, 5) is 14.7. The van der Waals surface area contributed by atoms with Gasteiger partial charge in [0.25, 0.3) is 0 Å². The predicted molar refractivity (Wildman–Crippen MR) is 62.9 cm³/mol. The molecule has 0 aliphatic carbocycles. The molecule has 90 valence electrons. The molecule has 1 heterocycles. The standard InChI is InChI=1S/C12H20N2O2/c1-9(2)11(8-15)12(16)14-7-5-10-4-3-6-13-10/h3-4,6,9,11,13,15H,5,7-8H2,1-2H3,(H,14,16). The zero-order valence-corrected chi connectivity index (χ0v) is 9.86. The van der Waals surface area contributed by atoms with Crippen molar-refractivity contribution in [2.75, 3.05) is 13.2 Å². The minimum atomic E-state index is -0.302. The molecule has 0 fully saturated rings. The minimum absolute atomic E-state index is 0.0657. The van der Waals surface area contributed by atoms with E-state index in [1.54, 1.807) is 0 Å². The van der Waals surface area contributed by atoms with Crippen LogP contribution in [0.2, 0.25) is 0 Å². The lowest BCUT2D eigenvalue weighted by molar-refractivity contribution is -0.127. The van der Waals surface area contributed by atoms with E-state index in [4.69, 9.17) is 5.11 Å². The molecule has 1 unspecified atom stereocenters. The molecule has 1 aromatic rings. The Bertz CT molecular complexity index is 307. The van der Waals surface area contributed by atoms with Crippen LogP contribution in [0.25, 0.3) is 0 Å². The van der Waals surface area contributed by atoms with Crippen LogP contribution in [0.15, 0.2) is 18.3 Å². The normalized spacial score (nSPS) is 12.8. The molecule has 1 amide bonds. The number of hydrogen-bond acceptors (Lipinski definition) is 2. The molecule has 0 saturated carbocycles. The van der Waals surface area contributed by atoms with Crippen LogP contribution in [0.5, 0.6) is 0 Å². The van der Waals surface area contributed by atoms with Gasteiger partial charge in [0.15, 0.2) is 0 Å². The highest BCUT2D eigenvalue weighted by atomic mass is 16.3. The van der Waals surface area contributed by atoms with Gasteiger partial charge in [-0.3, -0.25) is 4.79 Å². The molecular formula is C12H20N2O2. The molecule has 0 bridgehead atoms. The number of nitrogens with one attached hydrogen (secondary N) is 2. The Kier molecular flexibility index (Phi) is 5.05. The fourth-order valence-electron chi connectivity index (χ4n) is 1.57. The predicted octanol–water partition coefficient (Wildman–Crippen LogP) is 0.938. The second-order valence-corrected chi connectivity index (χ2v) is 4.27.